The standard InChI is InChI=1S/C27H24ClFN6O/c28-20-11-12-21(25(14-20)36-16-17-5-1-2-6-17)27-30-23-7-3-4-8-24(23)35(27)15-19-10-9-18(13-22(19)29)26-31-33-34-32-26/h3-4,7-14,17H,1-2,5-6,15-16H2,(H,31,32,33,34). The minimum atomic E-state index is -0.346. The van der Waals surface area contributed by atoms with Gasteiger partial charge in [-0.1, -0.05) is 48.7 Å². The summed E-state index contributed by atoms with van der Waals surface area (Å²) in [5.41, 5.74) is 3.68. The number of aromatic nitrogens is 6. The van der Waals surface area contributed by atoms with E-state index in [0.29, 0.717) is 52.6 Å². The molecule has 2 heterocycles. The van der Waals surface area contributed by atoms with E-state index in [2.05, 4.69) is 20.6 Å². The van der Waals surface area contributed by atoms with Crippen molar-refractivity contribution in [1.29, 1.82) is 0 Å². The third-order valence-electron chi connectivity index (χ3n) is 6.79. The normalized spacial score (nSPS) is 14.1. The van der Waals surface area contributed by atoms with E-state index in [1.165, 1.54) is 31.7 Å². The van der Waals surface area contributed by atoms with E-state index in [4.69, 9.17) is 21.3 Å². The van der Waals surface area contributed by atoms with Gasteiger partial charge >= 0.3 is 0 Å². The first kappa shape index (κ1) is 22.7. The molecule has 1 fully saturated rings. The fourth-order valence-corrected chi connectivity index (χ4v) is 5.06. The Kier molecular flexibility index (Phi) is 6.11. The van der Waals surface area contributed by atoms with Crippen molar-refractivity contribution in [2.24, 2.45) is 5.92 Å². The first-order valence-electron chi connectivity index (χ1n) is 12.1. The maximum Gasteiger partial charge on any atom is 0.179 e. The number of nitrogens with zero attached hydrogens (tertiary/aromatic N) is 5. The summed E-state index contributed by atoms with van der Waals surface area (Å²) in [4.78, 5) is 4.92. The summed E-state index contributed by atoms with van der Waals surface area (Å²) in [5, 5.41) is 14.3. The summed E-state index contributed by atoms with van der Waals surface area (Å²) in [6.45, 7) is 0.946. The van der Waals surface area contributed by atoms with Crippen LogP contribution < -0.4 is 4.74 Å². The Bertz CT molecular complexity index is 1510. The molecule has 5 aromatic rings. The molecule has 0 aliphatic heterocycles. The molecule has 1 aliphatic rings. The van der Waals surface area contributed by atoms with E-state index < -0.39 is 0 Å². The SMILES string of the molecule is Fc1cc(-c2nnn[nH]2)ccc1Cn1c(-c2ccc(Cl)cc2OCC2CCCC2)nc2ccccc21. The van der Waals surface area contributed by atoms with E-state index in [0.717, 1.165) is 16.6 Å². The molecule has 2 aromatic heterocycles. The maximum atomic E-state index is 15.2. The second kappa shape index (κ2) is 9.70. The van der Waals surface area contributed by atoms with Gasteiger partial charge in [0.1, 0.15) is 17.4 Å². The number of aromatic amines is 1. The van der Waals surface area contributed by atoms with E-state index in [9.17, 15) is 0 Å². The molecule has 36 heavy (non-hydrogen) atoms. The van der Waals surface area contributed by atoms with Crippen LogP contribution >= 0.6 is 11.6 Å². The van der Waals surface area contributed by atoms with Crippen LogP contribution in [0.15, 0.2) is 60.7 Å². The van der Waals surface area contributed by atoms with E-state index in [-0.39, 0.29) is 5.82 Å². The van der Waals surface area contributed by atoms with E-state index in [1.807, 2.05) is 47.0 Å². The molecule has 0 amide bonds. The first-order chi connectivity index (χ1) is 17.7. The smallest absolute Gasteiger partial charge is 0.179 e. The van der Waals surface area contributed by atoms with Gasteiger partial charge < -0.3 is 9.30 Å². The monoisotopic (exact) mass is 502 g/mol. The van der Waals surface area contributed by atoms with Gasteiger partial charge in [0.2, 0.25) is 0 Å². The molecule has 7 nitrogen and oxygen atoms in total. The second-order valence-corrected chi connectivity index (χ2v) is 9.60. The summed E-state index contributed by atoms with van der Waals surface area (Å²) in [6.07, 6.45) is 4.88. The average Bonchev–Trinajstić information content (AvgIpc) is 3.66. The molecule has 0 bridgehead atoms. The highest BCUT2D eigenvalue weighted by Gasteiger charge is 2.21. The van der Waals surface area contributed by atoms with Crippen molar-refractivity contribution < 1.29 is 9.13 Å². The zero-order chi connectivity index (χ0) is 24.5. The number of rotatable bonds is 7. The van der Waals surface area contributed by atoms with Gasteiger partial charge in [-0.15, -0.1) is 5.10 Å². The number of fused-ring (bicyclic) bond motifs is 1. The van der Waals surface area contributed by atoms with Crippen LogP contribution in [0.1, 0.15) is 31.2 Å². The molecule has 3 aromatic carbocycles. The highest BCUT2D eigenvalue weighted by Crippen LogP contribution is 2.36. The number of ether oxygens (including phenoxy) is 1. The average molecular weight is 503 g/mol. The Labute approximate surface area is 212 Å². The van der Waals surface area contributed by atoms with Gasteiger partial charge in [-0.25, -0.2) is 14.5 Å². The van der Waals surface area contributed by atoms with Gasteiger partial charge in [0.15, 0.2) is 5.82 Å². The summed E-state index contributed by atoms with van der Waals surface area (Å²) in [7, 11) is 0. The fraction of sp³-hybridized carbons (Fsp3) is 0.259. The zero-order valence-electron chi connectivity index (χ0n) is 19.5. The Morgan fingerprint density at radius 3 is 2.72 bits per heavy atom. The number of halogens is 2. The molecular formula is C27H24ClFN6O. The summed E-state index contributed by atoms with van der Waals surface area (Å²) >= 11 is 6.35. The molecule has 1 N–H and O–H groups in total. The third kappa shape index (κ3) is 4.44. The maximum absolute atomic E-state index is 15.2. The van der Waals surface area contributed by atoms with Gasteiger partial charge in [0.05, 0.1) is 29.7 Å². The fourth-order valence-electron chi connectivity index (χ4n) is 4.90. The minimum absolute atomic E-state index is 0.293. The Hall–Kier alpha value is -3.78. The van der Waals surface area contributed by atoms with Crippen molar-refractivity contribution in [3.63, 3.8) is 0 Å². The van der Waals surface area contributed by atoms with Gasteiger partial charge in [-0.3, -0.25) is 0 Å². The predicted octanol–water partition coefficient (Wildman–Crippen LogP) is 6.29. The lowest BCUT2D eigenvalue weighted by molar-refractivity contribution is 0.253. The highest BCUT2D eigenvalue weighted by atomic mass is 35.5. The highest BCUT2D eigenvalue weighted by molar-refractivity contribution is 6.30. The molecule has 1 aliphatic carbocycles. The number of para-hydroxylation sites is 2. The largest absolute Gasteiger partial charge is 0.492 e. The lowest BCUT2D eigenvalue weighted by atomic mass is 10.1. The van der Waals surface area contributed by atoms with Crippen LogP contribution in [0.4, 0.5) is 4.39 Å². The van der Waals surface area contributed by atoms with Crippen LogP contribution in [0.25, 0.3) is 33.8 Å². The van der Waals surface area contributed by atoms with Crippen LogP contribution in [-0.4, -0.2) is 36.8 Å². The summed E-state index contributed by atoms with van der Waals surface area (Å²) < 4.78 is 23.6. The van der Waals surface area contributed by atoms with Crippen LogP contribution in [0.3, 0.4) is 0 Å². The molecular weight excluding hydrogens is 479 g/mol. The minimum Gasteiger partial charge on any atom is -0.492 e. The van der Waals surface area contributed by atoms with Crippen LogP contribution in [0, 0.1) is 11.7 Å². The molecule has 6 rings (SSSR count). The van der Waals surface area contributed by atoms with Crippen LogP contribution in [0.2, 0.25) is 5.02 Å². The number of hydrogen-bond acceptors (Lipinski definition) is 5. The topological polar surface area (TPSA) is 81.5 Å². The molecule has 1 saturated carbocycles. The Morgan fingerprint density at radius 2 is 1.92 bits per heavy atom. The van der Waals surface area contributed by atoms with E-state index >= 15 is 4.39 Å². The molecule has 9 heteroatoms. The Morgan fingerprint density at radius 1 is 1.06 bits per heavy atom. The zero-order valence-corrected chi connectivity index (χ0v) is 20.2. The van der Waals surface area contributed by atoms with Crippen molar-refractivity contribution in [3.8, 4) is 28.5 Å². The van der Waals surface area contributed by atoms with Gasteiger partial charge in [0, 0.05) is 16.1 Å². The van der Waals surface area contributed by atoms with Crippen molar-refractivity contribution in [3.05, 3.63) is 77.1 Å². The van der Waals surface area contributed by atoms with Gasteiger partial charge in [0.25, 0.3) is 0 Å². The van der Waals surface area contributed by atoms with Gasteiger partial charge in [-0.05, 0) is 65.6 Å². The van der Waals surface area contributed by atoms with Crippen molar-refractivity contribution >= 4 is 22.6 Å². The third-order valence-corrected chi connectivity index (χ3v) is 7.02. The molecule has 182 valence electrons. The van der Waals surface area contributed by atoms with Crippen LogP contribution in [-0.2, 0) is 6.54 Å². The number of benzene rings is 3. The number of tetrazole rings is 1. The number of imidazole rings is 1. The van der Waals surface area contributed by atoms with Crippen LogP contribution in [0.5, 0.6) is 5.75 Å². The first-order valence-corrected chi connectivity index (χ1v) is 12.4. The van der Waals surface area contributed by atoms with E-state index in [1.54, 1.807) is 12.1 Å². The summed E-state index contributed by atoms with van der Waals surface area (Å²) in [6, 6.07) is 18.5. The quantitative estimate of drug-likeness (QED) is 0.283. The number of nitrogens with one attached hydrogen (secondary N) is 1. The van der Waals surface area contributed by atoms with Crippen molar-refractivity contribution in [2.45, 2.75) is 32.2 Å². The molecule has 0 radical (unpaired) electrons. The number of H-pyrrole nitrogens is 1. The van der Waals surface area contributed by atoms with Crippen molar-refractivity contribution in [1.82, 2.24) is 30.2 Å². The van der Waals surface area contributed by atoms with Crippen molar-refractivity contribution in [2.75, 3.05) is 6.61 Å². The number of hydrogen-bond donors (Lipinski definition) is 1. The summed E-state index contributed by atoms with van der Waals surface area (Å²) in [5.74, 6) is 2.03. The second-order valence-electron chi connectivity index (χ2n) is 9.17. The Balaban J connectivity index is 1.40. The molecule has 0 spiro atoms. The lowest BCUT2D eigenvalue weighted by Gasteiger charge is -2.16. The lowest BCUT2D eigenvalue weighted by Crippen LogP contribution is -2.10. The molecule has 0 atom stereocenters. The van der Waals surface area contributed by atoms with Gasteiger partial charge in [-0.2, -0.15) is 0 Å². The molecule has 0 unspecified atom stereocenters. The molecule has 0 saturated heterocycles. The predicted molar refractivity (Wildman–Crippen MR) is 136 cm³/mol.